The normalized spacial score (nSPS) is 13.9. The van der Waals surface area contributed by atoms with E-state index in [0.717, 1.165) is 49.0 Å². The summed E-state index contributed by atoms with van der Waals surface area (Å²) in [5.41, 5.74) is 2.00. The van der Waals surface area contributed by atoms with Crippen molar-refractivity contribution in [2.75, 3.05) is 43.1 Å². The van der Waals surface area contributed by atoms with Crippen LogP contribution < -0.4 is 19.9 Å². The number of carbonyl (C=O) groups is 2. The largest absolute Gasteiger partial charge is 0.495 e. The molecule has 28 heavy (non-hydrogen) atoms. The first kappa shape index (κ1) is 19.7. The van der Waals surface area contributed by atoms with Gasteiger partial charge >= 0.3 is 0 Å². The highest BCUT2D eigenvalue weighted by atomic mass is 16.5. The molecule has 1 aliphatic heterocycles. The molecule has 0 aliphatic carbocycles. The first-order valence-corrected chi connectivity index (χ1v) is 9.52. The third-order valence-corrected chi connectivity index (χ3v) is 4.89. The van der Waals surface area contributed by atoms with Crippen molar-refractivity contribution in [3.8, 4) is 5.75 Å². The number of anilines is 2. The van der Waals surface area contributed by atoms with Gasteiger partial charge in [-0.2, -0.15) is 0 Å². The highest BCUT2D eigenvalue weighted by molar-refractivity contribution is 6.36. The molecule has 0 unspecified atom stereocenters. The summed E-state index contributed by atoms with van der Waals surface area (Å²) in [4.78, 5) is 32.3. The lowest BCUT2D eigenvalue weighted by atomic mass is 10.2. The standard InChI is InChI=1S/C21H26N4O3/c1-3-18(26)21(27)23-15-16-7-6-10-22-20(16)25-13-11-24(12-14-25)17-8-4-5-9-19(17)28-2/h4-10H,3,11-15H2,1-2H3,(H,23,27). The van der Waals surface area contributed by atoms with Crippen molar-refractivity contribution in [2.45, 2.75) is 19.9 Å². The number of Topliss-reactive ketones (excluding diaryl/α,β-unsaturated/α-hetero) is 1. The minimum absolute atomic E-state index is 0.205. The van der Waals surface area contributed by atoms with Crippen molar-refractivity contribution < 1.29 is 14.3 Å². The van der Waals surface area contributed by atoms with Crippen molar-refractivity contribution in [2.24, 2.45) is 0 Å². The van der Waals surface area contributed by atoms with Crippen LogP contribution in [0.2, 0.25) is 0 Å². The van der Waals surface area contributed by atoms with E-state index in [-0.39, 0.29) is 6.42 Å². The molecule has 2 aromatic rings. The smallest absolute Gasteiger partial charge is 0.287 e. The fraction of sp³-hybridized carbons (Fsp3) is 0.381. The molecule has 1 fully saturated rings. The maximum atomic E-state index is 11.8. The van der Waals surface area contributed by atoms with Crippen molar-refractivity contribution in [1.82, 2.24) is 10.3 Å². The van der Waals surface area contributed by atoms with Gasteiger partial charge in [-0.15, -0.1) is 0 Å². The number of nitrogens with zero attached hydrogens (tertiary/aromatic N) is 3. The lowest BCUT2D eigenvalue weighted by molar-refractivity contribution is -0.137. The van der Waals surface area contributed by atoms with E-state index in [4.69, 9.17) is 4.74 Å². The Labute approximate surface area is 165 Å². The molecule has 0 saturated carbocycles. The Morgan fingerprint density at radius 1 is 1.07 bits per heavy atom. The fourth-order valence-electron chi connectivity index (χ4n) is 3.34. The predicted molar refractivity (Wildman–Crippen MR) is 109 cm³/mol. The highest BCUT2D eigenvalue weighted by Crippen LogP contribution is 2.29. The Morgan fingerprint density at radius 3 is 2.50 bits per heavy atom. The van der Waals surface area contributed by atoms with E-state index in [0.29, 0.717) is 6.54 Å². The van der Waals surface area contributed by atoms with Crippen LogP contribution >= 0.6 is 0 Å². The molecular formula is C21H26N4O3. The zero-order valence-electron chi connectivity index (χ0n) is 16.4. The number of carbonyl (C=O) groups excluding carboxylic acids is 2. The molecule has 0 atom stereocenters. The van der Waals surface area contributed by atoms with E-state index < -0.39 is 11.7 Å². The van der Waals surface area contributed by atoms with Gasteiger partial charge in [0.05, 0.1) is 12.8 Å². The number of ether oxygens (including phenoxy) is 1. The van der Waals surface area contributed by atoms with Crippen LogP contribution in [0.15, 0.2) is 42.6 Å². The van der Waals surface area contributed by atoms with Crippen LogP contribution in [0.3, 0.4) is 0 Å². The van der Waals surface area contributed by atoms with E-state index in [1.165, 1.54) is 0 Å². The maximum Gasteiger partial charge on any atom is 0.287 e. The van der Waals surface area contributed by atoms with E-state index in [9.17, 15) is 9.59 Å². The number of amides is 1. The number of aromatic nitrogens is 1. The summed E-state index contributed by atoms with van der Waals surface area (Å²) in [5, 5.41) is 2.70. The van der Waals surface area contributed by atoms with Gasteiger partial charge in [-0.1, -0.05) is 25.1 Å². The summed E-state index contributed by atoms with van der Waals surface area (Å²) >= 11 is 0. The molecule has 0 spiro atoms. The molecule has 1 amide bonds. The Balaban J connectivity index is 1.66. The number of para-hydroxylation sites is 2. The third kappa shape index (κ3) is 4.42. The number of methoxy groups -OCH3 is 1. The van der Waals surface area contributed by atoms with Crippen molar-refractivity contribution in [3.63, 3.8) is 0 Å². The van der Waals surface area contributed by atoms with Crippen LogP contribution in [-0.4, -0.2) is 50.0 Å². The molecule has 1 aromatic carbocycles. The average molecular weight is 382 g/mol. The van der Waals surface area contributed by atoms with Gasteiger partial charge in [0.2, 0.25) is 5.78 Å². The zero-order valence-corrected chi connectivity index (χ0v) is 16.4. The lowest BCUT2D eigenvalue weighted by Crippen LogP contribution is -2.47. The second-order valence-corrected chi connectivity index (χ2v) is 6.59. The first-order chi connectivity index (χ1) is 13.6. The van der Waals surface area contributed by atoms with Crippen LogP contribution in [0.1, 0.15) is 18.9 Å². The number of hydrogen-bond donors (Lipinski definition) is 1. The molecule has 1 aromatic heterocycles. The monoisotopic (exact) mass is 382 g/mol. The fourth-order valence-corrected chi connectivity index (χ4v) is 3.34. The summed E-state index contributed by atoms with van der Waals surface area (Å²) < 4.78 is 5.48. The Morgan fingerprint density at radius 2 is 1.79 bits per heavy atom. The van der Waals surface area contributed by atoms with E-state index in [1.54, 1.807) is 20.2 Å². The minimum atomic E-state index is -0.543. The summed E-state index contributed by atoms with van der Waals surface area (Å²) in [5.74, 6) is 0.776. The molecule has 7 heteroatoms. The average Bonchev–Trinajstić information content (AvgIpc) is 2.77. The topological polar surface area (TPSA) is 74.8 Å². The summed E-state index contributed by atoms with van der Waals surface area (Å²) in [6, 6.07) is 11.8. The van der Waals surface area contributed by atoms with Gasteiger partial charge < -0.3 is 19.9 Å². The van der Waals surface area contributed by atoms with Crippen molar-refractivity contribution >= 4 is 23.2 Å². The van der Waals surface area contributed by atoms with Crippen LogP contribution in [0, 0.1) is 0 Å². The predicted octanol–water partition coefficient (Wildman–Crippen LogP) is 2.01. The molecule has 3 rings (SSSR count). The van der Waals surface area contributed by atoms with Crippen LogP contribution in [-0.2, 0) is 16.1 Å². The second-order valence-electron chi connectivity index (χ2n) is 6.59. The molecule has 7 nitrogen and oxygen atoms in total. The molecule has 1 N–H and O–H groups in total. The SMILES string of the molecule is CCC(=O)C(=O)NCc1cccnc1N1CCN(c2ccccc2OC)CC1. The van der Waals surface area contributed by atoms with Crippen molar-refractivity contribution in [3.05, 3.63) is 48.2 Å². The Bertz CT molecular complexity index is 832. The van der Waals surface area contributed by atoms with Crippen LogP contribution in [0.25, 0.3) is 0 Å². The number of nitrogens with one attached hydrogen (secondary N) is 1. The summed E-state index contributed by atoms with van der Waals surface area (Å²) in [7, 11) is 1.69. The number of piperazine rings is 1. The quantitative estimate of drug-likeness (QED) is 0.739. The Hall–Kier alpha value is -3.09. The summed E-state index contributed by atoms with van der Waals surface area (Å²) in [6.45, 7) is 5.28. The molecule has 148 valence electrons. The van der Waals surface area contributed by atoms with Gasteiger partial charge in [0.15, 0.2) is 0 Å². The maximum absolute atomic E-state index is 11.8. The van der Waals surface area contributed by atoms with Gasteiger partial charge in [-0.3, -0.25) is 9.59 Å². The van der Waals surface area contributed by atoms with E-state index in [1.807, 2.05) is 30.3 Å². The number of rotatable bonds is 7. The molecule has 0 radical (unpaired) electrons. The highest BCUT2D eigenvalue weighted by Gasteiger charge is 2.22. The third-order valence-electron chi connectivity index (χ3n) is 4.89. The first-order valence-electron chi connectivity index (χ1n) is 9.52. The van der Waals surface area contributed by atoms with Crippen molar-refractivity contribution in [1.29, 1.82) is 0 Å². The number of pyridine rings is 1. The van der Waals surface area contributed by atoms with Gasteiger partial charge in [0, 0.05) is 50.9 Å². The summed E-state index contributed by atoms with van der Waals surface area (Å²) in [6.07, 6.45) is 1.96. The van der Waals surface area contributed by atoms with Gasteiger partial charge in [-0.25, -0.2) is 4.98 Å². The van der Waals surface area contributed by atoms with Gasteiger partial charge in [0.25, 0.3) is 5.91 Å². The zero-order chi connectivity index (χ0) is 19.9. The van der Waals surface area contributed by atoms with Gasteiger partial charge in [-0.05, 0) is 18.2 Å². The minimum Gasteiger partial charge on any atom is -0.495 e. The van der Waals surface area contributed by atoms with Crippen LogP contribution in [0.5, 0.6) is 5.75 Å². The molecule has 1 saturated heterocycles. The molecular weight excluding hydrogens is 356 g/mol. The lowest BCUT2D eigenvalue weighted by Gasteiger charge is -2.37. The van der Waals surface area contributed by atoms with E-state index >= 15 is 0 Å². The van der Waals surface area contributed by atoms with E-state index in [2.05, 4.69) is 26.2 Å². The molecule has 0 bridgehead atoms. The second kappa shape index (κ2) is 9.21. The number of ketones is 1. The Kier molecular flexibility index (Phi) is 6.47. The number of benzene rings is 1. The molecule has 1 aliphatic rings. The van der Waals surface area contributed by atoms with Crippen LogP contribution in [0.4, 0.5) is 11.5 Å². The molecule has 2 heterocycles. The number of hydrogen-bond acceptors (Lipinski definition) is 6. The van der Waals surface area contributed by atoms with Gasteiger partial charge in [0.1, 0.15) is 11.6 Å².